The maximum Gasteiger partial charge on any atom is 0.530 e. The fourth-order valence-electron chi connectivity index (χ4n) is 10.8. The maximum atomic E-state index is 15.8. The molecule has 1 saturated carbocycles. The first-order chi connectivity index (χ1) is 41.9. The van der Waals surface area contributed by atoms with Gasteiger partial charge in [0.05, 0.1) is 53.1 Å². The minimum Gasteiger partial charge on any atom is -0.481 e. The number of amides is 2. The molecule has 492 valence electrons. The van der Waals surface area contributed by atoms with Gasteiger partial charge >= 0.3 is 26.1 Å². The molecule has 8 rings (SSSR count). The topological polar surface area (TPSA) is 248 Å². The van der Waals surface area contributed by atoms with Gasteiger partial charge in [-0.3, -0.25) is 32.8 Å². The summed E-state index contributed by atoms with van der Waals surface area (Å²) in [5.41, 5.74) is -8.21. The number of thiol groups is 1. The highest BCUT2D eigenvalue weighted by Gasteiger charge is 2.68. The van der Waals surface area contributed by atoms with Gasteiger partial charge in [0, 0.05) is 57.7 Å². The average Bonchev–Trinajstić information content (AvgIpc) is 1.52. The third-order valence-corrected chi connectivity index (χ3v) is 19.6. The zero-order valence-corrected chi connectivity index (χ0v) is 53.1. The number of pyridine rings is 1. The van der Waals surface area contributed by atoms with Crippen LogP contribution in [0.5, 0.6) is 5.75 Å². The lowest BCUT2D eigenvalue weighted by Gasteiger charge is -2.32. The van der Waals surface area contributed by atoms with E-state index < -0.39 is 200 Å². The van der Waals surface area contributed by atoms with Gasteiger partial charge < -0.3 is 14.9 Å². The van der Waals surface area contributed by atoms with Gasteiger partial charge in [-0.15, -0.1) is 0 Å². The summed E-state index contributed by atoms with van der Waals surface area (Å²) in [7, 11) is -12.6. The number of phosphoric ester groups is 1. The van der Waals surface area contributed by atoms with Crippen LogP contribution in [0, 0.1) is 29.4 Å². The van der Waals surface area contributed by atoms with Crippen LogP contribution in [0.25, 0.3) is 22.0 Å². The van der Waals surface area contributed by atoms with E-state index in [1.807, 2.05) is 0 Å². The molecule has 19 nitrogen and oxygen atoms in total. The second-order valence-corrected chi connectivity index (χ2v) is 29.0. The Morgan fingerprint density at radius 1 is 0.923 bits per heavy atom. The zero-order valence-electron chi connectivity index (χ0n) is 49.7. The van der Waals surface area contributed by atoms with Crippen molar-refractivity contribution in [1.29, 1.82) is 0 Å². The lowest BCUT2D eigenvalue weighted by molar-refractivity contribution is -0.143. The zero-order chi connectivity index (χ0) is 67.6. The minimum absolute atomic E-state index is 0.00993. The first-order valence-electron chi connectivity index (χ1n) is 27.6. The fraction of sp³-hybridized carbons (Fsp3) is 0.448. The van der Waals surface area contributed by atoms with Crippen LogP contribution in [0.4, 0.5) is 43.9 Å². The largest absolute Gasteiger partial charge is 0.530 e. The molecule has 0 bridgehead atoms. The highest BCUT2D eigenvalue weighted by molar-refractivity contribution is 7.92. The molecule has 2 amide bonds. The van der Waals surface area contributed by atoms with Gasteiger partial charge in [-0.05, 0) is 114 Å². The molecule has 0 radical (unpaired) electrons. The quantitative estimate of drug-likeness (QED) is 0.0234. The van der Waals surface area contributed by atoms with Gasteiger partial charge in [-0.1, -0.05) is 49.6 Å². The monoisotopic (exact) mass is 1370 g/mol. The van der Waals surface area contributed by atoms with Crippen molar-refractivity contribution in [1.82, 2.24) is 34.2 Å². The number of hydrogen-bond acceptors (Lipinski definition) is 14. The summed E-state index contributed by atoms with van der Waals surface area (Å²) in [5, 5.41) is 19.1. The van der Waals surface area contributed by atoms with Gasteiger partial charge in [0.15, 0.2) is 15.5 Å². The normalized spacial score (nSPS) is 16.2. The molecule has 2 aliphatic rings. The highest BCUT2D eigenvalue weighted by Crippen LogP contribution is 2.68. The standard InChI is InChI=1S/C58H59ClF10N7O12PS2/c1-29(2)86-89(81,87-30(3)4)88-43-12-10-11-32(22-46(79)80)49(43)54(5,6)25-45(78)76(90(82)83)26-42-48-40(59)16-15-37(51(48)75(72-42)28-56(62,63)64)36-14-13-35(17-18-55(7,8)91(9,84)85)70-50(36)41(21-31-19-33(60)23-34(61)20-31)71-44(77)27-74-53-47(52(73-74)58(67,68)69)38-24-39(38)57(53,65)66/h10-16,19-20,23,29-30,38-39,41,90H,21-22,24-28H2,1-9H3,(H,71,77)(H,79,80)/t38-,39+,41-/m0/s1. The van der Waals surface area contributed by atoms with Crippen LogP contribution in [0.3, 0.4) is 0 Å². The number of aliphatic carboxylic acids is 1. The number of rotatable bonds is 23. The van der Waals surface area contributed by atoms with Crippen LogP contribution in [-0.2, 0) is 98.7 Å². The van der Waals surface area contributed by atoms with Crippen LogP contribution >= 0.6 is 19.4 Å². The molecule has 3 atom stereocenters. The van der Waals surface area contributed by atoms with Gasteiger partial charge in [0.2, 0.25) is 22.7 Å². The summed E-state index contributed by atoms with van der Waals surface area (Å²) < 4.78 is 232. The number of carboxylic acid groups (broad SMARTS) is 1. The van der Waals surface area contributed by atoms with Crippen molar-refractivity contribution in [2.45, 2.75) is 153 Å². The second kappa shape index (κ2) is 25.4. The number of sulfone groups is 1. The predicted octanol–water partition coefficient (Wildman–Crippen LogP) is 11.5. The molecule has 0 saturated heterocycles. The van der Waals surface area contributed by atoms with E-state index in [2.05, 4.69) is 32.3 Å². The number of halogens is 11. The van der Waals surface area contributed by atoms with E-state index in [4.69, 9.17) is 25.2 Å². The lowest BCUT2D eigenvalue weighted by atomic mass is 9.77. The van der Waals surface area contributed by atoms with E-state index in [1.165, 1.54) is 73.6 Å². The van der Waals surface area contributed by atoms with E-state index in [0.717, 1.165) is 42.7 Å². The average molecular weight is 1370 g/mol. The van der Waals surface area contributed by atoms with Crippen molar-refractivity contribution in [2.24, 2.45) is 5.92 Å². The van der Waals surface area contributed by atoms with Gasteiger partial charge in [-0.25, -0.2) is 39.5 Å². The number of benzene rings is 3. The van der Waals surface area contributed by atoms with Crippen LogP contribution in [-0.4, -0.2) is 98.0 Å². The molecule has 3 aromatic carbocycles. The Labute approximate surface area is 521 Å². The molecule has 2 N–H and O–H groups in total. The summed E-state index contributed by atoms with van der Waals surface area (Å²) in [6.45, 7) is 6.91. The fourth-order valence-corrected chi connectivity index (χ4v) is 13.4. The highest BCUT2D eigenvalue weighted by atomic mass is 35.5. The Kier molecular flexibility index (Phi) is 19.5. The predicted molar refractivity (Wildman–Crippen MR) is 310 cm³/mol. The molecule has 3 heterocycles. The number of carboxylic acids is 1. The Hall–Kier alpha value is -7.10. The molecule has 6 aromatic rings. The first kappa shape index (κ1) is 69.8. The van der Waals surface area contributed by atoms with Gasteiger partial charge in [0.25, 0.3) is 5.92 Å². The summed E-state index contributed by atoms with van der Waals surface area (Å²) in [5.74, 6) is -8.09. The summed E-state index contributed by atoms with van der Waals surface area (Å²) in [6, 6.07) is 8.81. The van der Waals surface area contributed by atoms with Crippen molar-refractivity contribution in [3.05, 3.63) is 128 Å². The minimum atomic E-state index is -5.26. The third kappa shape index (κ3) is 15.5. The van der Waals surface area contributed by atoms with Crippen molar-refractivity contribution < 1.29 is 98.4 Å². The van der Waals surface area contributed by atoms with Crippen LogP contribution < -0.4 is 9.84 Å². The molecule has 3 aromatic heterocycles. The molecule has 0 spiro atoms. The third-order valence-electron chi connectivity index (χ3n) is 14.8. The second-order valence-electron chi connectivity index (χ2n) is 23.6. The number of carbonyl (C=O) groups excluding carboxylic acids is 2. The molecular weight excluding hydrogens is 1310 g/mol. The van der Waals surface area contributed by atoms with Gasteiger partial charge in [-0.2, -0.15) is 45.3 Å². The lowest BCUT2D eigenvalue weighted by Crippen LogP contribution is -2.35. The molecule has 2 aliphatic carbocycles. The van der Waals surface area contributed by atoms with Crippen molar-refractivity contribution in [3.63, 3.8) is 0 Å². The number of phosphoric acid groups is 1. The molecule has 1 fully saturated rings. The number of alkyl halides is 8. The SMILES string of the molecule is CC(C)OP(=O)(Oc1cccc(CC(=O)O)c1C(C)(C)CC(=O)N(Cc1nn(CC(F)(F)F)c2c(-c3ccc(C#CC(C)(C)S(C)(=O)=O)nc3[C@H](Cc3cc(F)cc(F)c3)NC(=O)Cn3nc(C(F)(F)F)c4c3C(F)(F)[C@@H]3C[C@H]43)ccc(Cl)c12)[SH](=O)=O)OC(C)C. The van der Waals surface area contributed by atoms with E-state index in [9.17, 15) is 67.2 Å². The number of nitrogens with zero attached hydrogens (tertiary/aromatic N) is 6. The first-order valence-corrected chi connectivity index (χ1v) is 32.5. The van der Waals surface area contributed by atoms with Crippen molar-refractivity contribution in [3.8, 4) is 28.7 Å². The number of aromatic nitrogens is 5. The van der Waals surface area contributed by atoms with E-state index in [0.29, 0.717) is 10.7 Å². The molecule has 0 unspecified atom stereocenters. The molecular formula is C58H59ClF10N7O12PS2. The number of nitrogens with one attached hydrogen (secondary N) is 1. The summed E-state index contributed by atoms with van der Waals surface area (Å²) in [4.78, 5) is 45.8. The van der Waals surface area contributed by atoms with Crippen molar-refractivity contribution in [2.75, 3.05) is 6.26 Å². The number of hydrogen-bond donors (Lipinski definition) is 3. The smallest absolute Gasteiger partial charge is 0.481 e. The summed E-state index contributed by atoms with van der Waals surface area (Å²) in [6.07, 6.45) is -13.6. The number of fused-ring (bicyclic) bond motifs is 4. The van der Waals surface area contributed by atoms with Crippen LogP contribution in [0.1, 0.15) is 131 Å². The molecule has 91 heavy (non-hydrogen) atoms. The van der Waals surface area contributed by atoms with E-state index >= 15 is 17.6 Å². The Morgan fingerprint density at radius 3 is 2.12 bits per heavy atom. The summed E-state index contributed by atoms with van der Waals surface area (Å²) >= 11 is 6.82. The van der Waals surface area contributed by atoms with E-state index in [1.54, 1.807) is 0 Å². The maximum absolute atomic E-state index is 15.8. The number of carbonyl (C=O) groups is 3. The van der Waals surface area contributed by atoms with Crippen LogP contribution in [0.15, 0.2) is 60.7 Å². The Balaban J connectivity index is 1.29. The molecule has 0 aliphatic heterocycles. The Bertz CT molecular complexity index is 4180. The van der Waals surface area contributed by atoms with Crippen LogP contribution in [0.2, 0.25) is 5.02 Å². The van der Waals surface area contributed by atoms with Gasteiger partial charge in [0.1, 0.15) is 46.6 Å². The molecule has 33 heteroatoms. The Morgan fingerprint density at radius 2 is 1.55 bits per heavy atom. The van der Waals surface area contributed by atoms with Crippen molar-refractivity contribution >= 4 is 68.8 Å². The van der Waals surface area contributed by atoms with E-state index in [-0.39, 0.29) is 54.7 Å².